The van der Waals surface area contributed by atoms with E-state index in [0.717, 1.165) is 12.0 Å². The molecule has 31 heavy (non-hydrogen) atoms. The van der Waals surface area contributed by atoms with E-state index in [2.05, 4.69) is 22.8 Å². The van der Waals surface area contributed by atoms with Crippen molar-refractivity contribution in [2.75, 3.05) is 6.54 Å². The van der Waals surface area contributed by atoms with Crippen molar-refractivity contribution in [1.29, 1.82) is 0 Å². The maximum atomic E-state index is 12.7. The van der Waals surface area contributed by atoms with Crippen molar-refractivity contribution in [1.82, 2.24) is 20.7 Å². The maximum absolute atomic E-state index is 12.7. The van der Waals surface area contributed by atoms with Crippen molar-refractivity contribution in [3.8, 4) is 0 Å². The molecule has 160 valence electrons. The molecular weight excluding hydrogens is 432 g/mol. The van der Waals surface area contributed by atoms with Crippen molar-refractivity contribution in [2.45, 2.75) is 26.2 Å². The number of aryl methyl sites for hydroxylation is 1. The molecule has 0 saturated carbocycles. The number of thiocarbonyl (C=S) groups is 1. The summed E-state index contributed by atoms with van der Waals surface area (Å²) in [5.41, 5.74) is 7.29. The van der Waals surface area contributed by atoms with E-state index >= 15 is 0 Å². The van der Waals surface area contributed by atoms with Gasteiger partial charge < -0.3 is 0 Å². The Morgan fingerprint density at radius 1 is 1.13 bits per heavy atom. The highest BCUT2D eigenvalue weighted by Gasteiger charge is 2.31. The van der Waals surface area contributed by atoms with E-state index in [0.29, 0.717) is 27.8 Å². The summed E-state index contributed by atoms with van der Waals surface area (Å²) in [7, 11) is 0. The highest BCUT2D eigenvalue weighted by molar-refractivity contribution is 8.26. The normalized spacial score (nSPS) is 14.7. The van der Waals surface area contributed by atoms with Crippen LogP contribution < -0.4 is 10.9 Å². The Kier molecular flexibility index (Phi) is 7.91. The predicted molar refractivity (Wildman–Crippen MR) is 125 cm³/mol. The largest absolute Gasteiger partial charge is 0.293 e. The molecule has 2 N–H and O–H groups in total. The van der Waals surface area contributed by atoms with Gasteiger partial charge in [-0.25, -0.2) is 0 Å². The van der Waals surface area contributed by atoms with Crippen LogP contribution in [0.4, 0.5) is 0 Å². The molecule has 9 heteroatoms. The molecule has 1 aromatic heterocycles. The standard InChI is InChI=1S/C22H22N4O3S2/c1-2-15-5-7-16(8-6-15)14-18-21(29)26(22(30)31-18)13-3-4-19(27)24-25-20(28)17-9-11-23-12-10-17/h5-12,14H,2-4,13H2,1H3,(H,24,27)(H,25,28)/b18-14-. The summed E-state index contributed by atoms with van der Waals surface area (Å²) >= 11 is 6.60. The van der Waals surface area contributed by atoms with Gasteiger partial charge in [0.1, 0.15) is 4.32 Å². The summed E-state index contributed by atoms with van der Waals surface area (Å²) < 4.78 is 0.479. The van der Waals surface area contributed by atoms with Crippen molar-refractivity contribution in [2.24, 2.45) is 0 Å². The second-order valence-corrected chi connectivity index (χ2v) is 8.45. The second-order valence-electron chi connectivity index (χ2n) is 6.77. The summed E-state index contributed by atoms with van der Waals surface area (Å²) in [4.78, 5) is 42.5. The van der Waals surface area contributed by atoms with Crippen LogP contribution in [0.3, 0.4) is 0 Å². The quantitative estimate of drug-likeness (QED) is 0.380. The molecule has 0 aliphatic carbocycles. The molecule has 3 rings (SSSR count). The Hall–Kier alpha value is -3.04. The van der Waals surface area contributed by atoms with Gasteiger partial charge >= 0.3 is 0 Å². The van der Waals surface area contributed by atoms with Gasteiger partial charge in [-0.2, -0.15) is 0 Å². The zero-order chi connectivity index (χ0) is 22.2. The fourth-order valence-corrected chi connectivity index (χ4v) is 4.16. The maximum Gasteiger partial charge on any atom is 0.269 e. The number of carbonyl (C=O) groups excluding carboxylic acids is 3. The van der Waals surface area contributed by atoms with E-state index in [1.807, 2.05) is 30.3 Å². The number of nitrogens with zero attached hydrogens (tertiary/aromatic N) is 2. The molecule has 2 aromatic rings. The molecule has 1 saturated heterocycles. The minimum atomic E-state index is -0.426. The van der Waals surface area contributed by atoms with Gasteiger partial charge in [0.05, 0.1) is 4.91 Å². The Morgan fingerprint density at radius 2 is 1.84 bits per heavy atom. The molecular formula is C22H22N4O3S2. The van der Waals surface area contributed by atoms with Crippen LogP contribution in [0.25, 0.3) is 6.08 Å². The molecule has 0 bridgehead atoms. The number of pyridine rings is 1. The fourth-order valence-electron chi connectivity index (χ4n) is 2.86. The Bertz CT molecular complexity index is 1010. The molecule has 1 aromatic carbocycles. The zero-order valence-corrected chi connectivity index (χ0v) is 18.6. The van der Waals surface area contributed by atoms with Crippen LogP contribution in [0, 0.1) is 0 Å². The Labute approximate surface area is 190 Å². The van der Waals surface area contributed by atoms with Crippen molar-refractivity contribution < 1.29 is 14.4 Å². The van der Waals surface area contributed by atoms with Crippen molar-refractivity contribution in [3.63, 3.8) is 0 Å². The number of hydrogen-bond acceptors (Lipinski definition) is 6. The summed E-state index contributed by atoms with van der Waals surface area (Å²) in [5.74, 6) is -0.926. The summed E-state index contributed by atoms with van der Waals surface area (Å²) in [6.07, 6.45) is 6.35. The van der Waals surface area contributed by atoms with Gasteiger partial charge in [-0.15, -0.1) is 0 Å². The summed E-state index contributed by atoms with van der Waals surface area (Å²) in [5, 5.41) is 0. The van der Waals surface area contributed by atoms with Crippen LogP contribution in [-0.4, -0.2) is 38.5 Å². The number of amides is 3. The van der Waals surface area contributed by atoms with Crippen LogP contribution in [0.15, 0.2) is 53.7 Å². The molecule has 0 atom stereocenters. The monoisotopic (exact) mass is 454 g/mol. The fraction of sp³-hybridized carbons (Fsp3) is 0.227. The van der Waals surface area contributed by atoms with E-state index in [9.17, 15) is 14.4 Å². The number of nitrogens with one attached hydrogen (secondary N) is 2. The highest BCUT2D eigenvalue weighted by atomic mass is 32.2. The number of hydrogen-bond donors (Lipinski definition) is 2. The summed E-state index contributed by atoms with van der Waals surface area (Å²) in [6.45, 7) is 2.43. The van der Waals surface area contributed by atoms with Gasteiger partial charge in [0, 0.05) is 30.9 Å². The third kappa shape index (κ3) is 6.22. The average molecular weight is 455 g/mol. The van der Waals surface area contributed by atoms with Crippen molar-refractivity contribution >= 4 is 52.1 Å². The molecule has 2 heterocycles. The SMILES string of the molecule is CCc1ccc(/C=C2\SC(=S)N(CCCC(=O)NNC(=O)c3ccncc3)C2=O)cc1. The number of carbonyl (C=O) groups is 3. The van der Waals surface area contributed by atoms with Gasteiger partial charge in [0.2, 0.25) is 5.91 Å². The molecule has 0 radical (unpaired) electrons. The first-order valence-corrected chi connectivity index (χ1v) is 11.0. The second kappa shape index (κ2) is 10.8. The number of aromatic nitrogens is 1. The molecule has 3 amide bonds. The Morgan fingerprint density at radius 3 is 2.52 bits per heavy atom. The van der Waals surface area contributed by atoms with Gasteiger partial charge in [-0.05, 0) is 42.2 Å². The van der Waals surface area contributed by atoms with E-state index in [4.69, 9.17) is 12.2 Å². The smallest absolute Gasteiger partial charge is 0.269 e. The van der Waals surface area contributed by atoms with E-state index < -0.39 is 5.91 Å². The number of hydrazine groups is 1. The van der Waals surface area contributed by atoms with Crippen LogP contribution >= 0.6 is 24.0 Å². The predicted octanol–water partition coefficient (Wildman–Crippen LogP) is 3.09. The molecule has 0 spiro atoms. The van der Waals surface area contributed by atoms with Gasteiger partial charge in [-0.1, -0.05) is 55.2 Å². The number of rotatable bonds is 7. The van der Waals surface area contributed by atoms with Crippen LogP contribution in [0.1, 0.15) is 41.3 Å². The van der Waals surface area contributed by atoms with Gasteiger partial charge in [-0.3, -0.25) is 35.1 Å². The first kappa shape index (κ1) is 22.6. The zero-order valence-electron chi connectivity index (χ0n) is 17.0. The van der Waals surface area contributed by atoms with Crippen molar-refractivity contribution in [3.05, 3.63) is 70.4 Å². The first-order valence-electron chi connectivity index (χ1n) is 9.81. The average Bonchev–Trinajstić information content (AvgIpc) is 3.05. The topological polar surface area (TPSA) is 91.4 Å². The third-order valence-electron chi connectivity index (χ3n) is 4.60. The number of thioether (sulfide) groups is 1. The first-order chi connectivity index (χ1) is 15.0. The molecule has 7 nitrogen and oxygen atoms in total. The van der Waals surface area contributed by atoms with E-state index in [1.165, 1.54) is 34.6 Å². The van der Waals surface area contributed by atoms with E-state index in [-0.39, 0.29) is 18.2 Å². The lowest BCUT2D eigenvalue weighted by molar-refractivity contribution is -0.124. The molecule has 1 aliphatic heterocycles. The summed E-state index contributed by atoms with van der Waals surface area (Å²) in [6, 6.07) is 11.1. The lowest BCUT2D eigenvalue weighted by atomic mass is 10.1. The molecule has 1 fully saturated rings. The van der Waals surface area contributed by atoms with Crippen LogP contribution in [-0.2, 0) is 16.0 Å². The van der Waals surface area contributed by atoms with Crippen LogP contribution in [0.5, 0.6) is 0 Å². The lowest BCUT2D eigenvalue weighted by Crippen LogP contribution is -2.41. The third-order valence-corrected chi connectivity index (χ3v) is 5.98. The van der Waals surface area contributed by atoms with Gasteiger partial charge in [0.15, 0.2) is 0 Å². The minimum absolute atomic E-state index is 0.144. The molecule has 0 unspecified atom stereocenters. The molecule has 1 aliphatic rings. The van der Waals surface area contributed by atoms with Crippen LogP contribution in [0.2, 0.25) is 0 Å². The lowest BCUT2D eigenvalue weighted by Gasteiger charge is -2.14. The van der Waals surface area contributed by atoms with Gasteiger partial charge in [0.25, 0.3) is 11.8 Å². The number of benzene rings is 1. The Balaban J connectivity index is 1.46. The highest BCUT2D eigenvalue weighted by Crippen LogP contribution is 2.32. The minimum Gasteiger partial charge on any atom is -0.293 e. The van der Waals surface area contributed by atoms with E-state index in [1.54, 1.807) is 12.1 Å².